The van der Waals surface area contributed by atoms with Gasteiger partial charge in [-0.3, -0.25) is 14.9 Å². The van der Waals surface area contributed by atoms with Gasteiger partial charge in [0.25, 0.3) is 5.69 Å². The van der Waals surface area contributed by atoms with Crippen molar-refractivity contribution in [3.8, 4) is 0 Å². The van der Waals surface area contributed by atoms with Gasteiger partial charge in [0.1, 0.15) is 0 Å². The van der Waals surface area contributed by atoms with Gasteiger partial charge in [-0.15, -0.1) is 11.8 Å². The molecule has 0 bridgehead atoms. The van der Waals surface area contributed by atoms with Crippen LogP contribution in [0.1, 0.15) is 0 Å². The lowest BCUT2D eigenvalue weighted by Gasteiger charge is -2.04. The number of rotatable bonds is 5. The van der Waals surface area contributed by atoms with Crippen LogP contribution >= 0.6 is 11.8 Å². The first kappa shape index (κ1) is 15.4. The van der Waals surface area contributed by atoms with Crippen molar-refractivity contribution in [3.05, 3.63) is 28.3 Å². The summed E-state index contributed by atoms with van der Waals surface area (Å²) in [6, 6.07) is 3.55. The minimum atomic E-state index is -3.52. The molecule has 104 valence electrons. The zero-order chi connectivity index (χ0) is 14.6. The van der Waals surface area contributed by atoms with Gasteiger partial charge in [-0.05, 0) is 12.1 Å². The number of ether oxygens (including phenoxy) is 1. The van der Waals surface area contributed by atoms with Crippen LogP contribution < -0.4 is 0 Å². The van der Waals surface area contributed by atoms with E-state index in [1.807, 2.05) is 0 Å². The summed E-state index contributed by atoms with van der Waals surface area (Å²) in [5, 5.41) is 10.9. The van der Waals surface area contributed by atoms with E-state index >= 15 is 0 Å². The summed E-state index contributed by atoms with van der Waals surface area (Å²) >= 11 is 0.916. The largest absolute Gasteiger partial charge is 0.468 e. The lowest BCUT2D eigenvalue weighted by atomic mass is 10.3. The molecule has 0 N–H and O–H groups in total. The third-order valence-corrected chi connectivity index (χ3v) is 4.27. The van der Waals surface area contributed by atoms with E-state index in [2.05, 4.69) is 4.74 Å². The molecule has 1 aromatic rings. The number of carbonyl (C=O) groups is 1. The van der Waals surface area contributed by atoms with Crippen molar-refractivity contribution in [1.29, 1.82) is 0 Å². The fourth-order valence-corrected chi connectivity index (χ4v) is 2.67. The van der Waals surface area contributed by atoms with E-state index in [4.69, 9.17) is 0 Å². The molecular formula is C10H11NO6S2. The highest BCUT2D eigenvalue weighted by atomic mass is 32.2. The van der Waals surface area contributed by atoms with E-state index in [9.17, 15) is 23.3 Å². The zero-order valence-electron chi connectivity index (χ0n) is 10.2. The lowest BCUT2D eigenvalue weighted by Crippen LogP contribution is -2.04. The van der Waals surface area contributed by atoms with Crippen molar-refractivity contribution < 1.29 is 22.9 Å². The predicted molar refractivity (Wildman–Crippen MR) is 68.9 cm³/mol. The maximum absolute atomic E-state index is 11.3. The third kappa shape index (κ3) is 4.21. The molecule has 0 spiro atoms. The second-order valence-corrected chi connectivity index (χ2v) is 6.56. The maximum Gasteiger partial charge on any atom is 0.315 e. The number of esters is 1. The molecule has 0 saturated heterocycles. The van der Waals surface area contributed by atoms with Crippen molar-refractivity contribution in [2.45, 2.75) is 9.79 Å². The van der Waals surface area contributed by atoms with Crippen molar-refractivity contribution >= 4 is 33.3 Å². The highest BCUT2D eigenvalue weighted by Gasteiger charge is 2.19. The monoisotopic (exact) mass is 305 g/mol. The molecule has 0 unspecified atom stereocenters. The van der Waals surface area contributed by atoms with Gasteiger partial charge in [0.2, 0.25) is 0 Å². The van der Waals surface area contributed by atoms with Crippen molar-refractivity contribution in [2.75, 3.05) is 19.1 Å². The summed E-state index contributed by atoms with van der Waals surface area (Å²) in [6.07, 6.45) is 0.966. The first-order valence-corrected chi connectivity index (χ1v) is 7.81. The van der Waals surface area contributed by atoms with Crippen LogP contribution in [-0.2, 0) is 19.4 Å². The first-order chi connectivity index (χ1) is 8.75. The van der Waals surface area contributed by atoms with Gasteiger partial charge in [-0.25, -0.2) is 8.42 Å². The highest BCUT2D eigenvalue weighted by molar-refractivity contribution is 8.00. The molecule has 1 rings (SSSR count). The Labute approximate surface area is 114 Å². The third-order valence-electron chi connectivity index (χ3n) is 2.13. The van der Waals surface area contributed by atoms with Crippen molar-refractivity contribution in [1.82, 2.24) is 0 Å². The molecule has 7 nitrogen and oxygen atoms in total. The summed E-state index contributed by atoms with van der Waals surface area (Å²) in [5.41, 5.74) is -0.350. The topological polar surface area (TPSA) is 104 Å². The Balaban J connectivity index is 3.12. The summed E-state index contributed by atoms with van der Waals surface area (Å²) in [7, 11) is -2.30. The van der Waals surface area contributed by atoms with Gasteiger partial charge in [-0.1, -0.05) is 0 Å². The Hall–Kier alpha value is -1.61. The standard InChI is InChI=1S/C10H11NO6S2/c1-17-10(12)6-18-9-4-3-7(19(2,15)16)5-8(9)11(13)14/h3-5H,6H2,1-2H3. The number of nitro benzene ring substituents is 1. The van der Waals surface area contributed by atoms with E-state index in [0.29, 0.717) is 0 Å². The number of methoxy groups -OCH3 is 1. The van der Waals surface area contributed by atoms with Crippen LogP contribution in [0.4, 0.5) is 5.69 Å². The number of hydrogen-bond donors (Lipinski definition) is 0. The first-order valence-electron chi connectivity index (χ1n) is 4.94. The molecule has 9 heteroatoms. The second kappa shape index (κ2) is 6.02. The highest BCUT2D eigenvalue weighted by Crippen LogP contribution is 2.31. The Morgan fingerprint density at radius 2 is 2.11 bits per heavy atom. The molecular weight excluding hydrogens is 294 g/mol. The van der Waals surface area contributed by atoms with Crippen LogP contribution in [0.3, 0.4) is 0 Å². The number of nitro groups is 1. The molecule has 0 aromatic heterocycles. The van der Waals surface area contributed by atoms with E-state index in [1.54, 1.807) is 0 Å². The zero-order valence-corrected chi connectivity index (χ0v) is 11.8. The molecule has 0 atom stereocenters. The normalized spacial score (nSPS) is 11.1. The van der Waals surface area contributed by atoms with Crippen LogP contribution in [0.2, 0.25) is 0 Å². The molecule has 1 aromatic carbocycles. The van der Waals surface area contributed by atoms with Gasteiger partial charge in [0.05, 0.1) is 27.6 Å². The van der Waals surface area contributed by atoms with Gasteiger partial charge < -0.3 is 4.74 Å². The average molecular weight is 305 g/mol. The molecule has 0 amide bonds. The van der Waals surface area contributed by atoms with Crippen LogP contribution in [0, 0.1) is 10.1 Å². The fraction of sp³-hybridized carbons (Fsp3) is 0.300. The van der Waals surface area contributed by atoms with Crippen LogP contribution in [0.25, 0.3) is 0 Å². The van der Waals surface area contributed by atoms with Gasteiger partial charge in [-0.2, -0.15) is 0 Å². The molecule has 0 aliphatic carbocycles. The minimum Gasteiger partial charge on any atom is -0.468 e. The number of carbonyl (C=O) groups excluding carboxylic acids is 1. The van der Waals surface area contributed by atoms with Crippen LogP contribution in [-0.4, -0.2) is 38.4 Å². The van der Waals surface area contributed by atoms with Crippen molar-refractivity contribution in [3.63, 3.8) is 0 Å². The number of sulfone groups is 1. The van der Waals surface area contributed by atoms with Crippen LogP contribution in [0.15, 0.2) is 28.0 Å². The van der Waals surface area contributed by atoms with Crippen LogP contribution in [0.5, 0.6) is 0 Å². The van der Waals surface area contributed by atoms with E-state index < -0.39 is 20.7 Å². The minimum absolute atomic E-state index is 0.0877. The summed E-state index contributed by atoms with van der Waals surface area (Å²) in [4.78, 5) is 21.3. The molecule has 0 radical (unpaired) electrons. The number of nitrogens with zero attached hydrogens (tertiary/aromatic N) is 1. The Morgan fingerprint density at radius 3 is 2.58 bits per heavy atom. The SMILES string of the molecule is COC(=O)CSc1ccc(S(C)(=O)=O)cc1[N+](=O)[O-]. The molecule has 0 heterocycles. The van der Waals surface area contributed by atoms with Gasteiger partial charge in [0, 0.05) is 12.3 Å². The molecule has 0 fully saturated rings. The maximum atomic E-state index is 11.3. The molecule has 19 heavy (non-hydrogen) atoms. The van der Waals surface area contributed by atoms with E-state index in [0.717, 1.165) is 24.1 Å². The van der Waals surface area contributed by atoms with E-state index in [-0.39, 0.29) is 21.2 Å². The van der Waals surface area contributed by atoms with E-state index in [1.165, 1.54) is 19.2 Å². The number of hydrogen-bond acceptors (Lipinski definition) is 7. The van der Waals surface area contributed by atoms with Gasteiger partial charge >= 0.3 is 5.97 Å². The lowest BCUT2D eigenvalue weighted by molar-refractivity contribution is -0.388. The summed E-state index contributed by atoms with van der Waals surface area (Å²) in [6.45, 7) is 0. The summed E-state index contributed by atoms with van der Waals surface area (Å²) in [5.74, 6) is -0.610. The molecule has 0 aliphatic heterocycles. The summed E-state index contributed by atoms with van der Waals surface area (Å²) < 4.78 is 27.1. The Morgan fingerprint density at radius 1 is 1.47 bits per heavy atom. The Kier molecular flexibility index (Phi) is 4.90. The average Bonchev–Trinajstić information content (AvgIpc) is 2.34. The Bertz CT molecular complexity index is 610. The smallest absolute Gasteiger partial charge is 0.315 e. The number of benzene rings is 1. The number of thioether (sulfide) groups is 1. The van der Waals surface area contributed by atoms with Crippen molar-refractivity contribution in [2.24, 2.45) is 0 Å². The molecule has 0 aliphatic rings. The molecule has 0 saturated carbocycles. The quantitative estimate of drug-likeness (QED) is 0.349. The second-order valence-electron chi connectivity index (χ2n) is 3.52. The fourth-order valence-electron chi connectivity index (χ4n) is 1.19. The van der Waals surface area contributed by atoms with Gasteiger partial charge in [0.15, 0.2) is 9.84 Å². The predicted octanol–water partition coefficient (Wildman–Crippen LogP) is 1.26.